The van der Waals surface area contributed by atoms with E-state index in [1.54, 1.807) is 28.0 Å². The predicted octanol–water partition coefficient (Wildman–Crippen LogP) is 2.58. The van der Waals surface area contributed by atoms with Crippen molar-refractivity contribution >= 4 is 35.0 Å². The minimum Gasteiger partial charge on any atom is -0.340 e. The number of rotatable bonds is 2. The quantitative estimate of drug-likeness (QED) is 0.831. The Morgan fingerprint density at radius 2 is 1.77 bits per heavy atom. The summed E-state index contributed by atoms with van der Waals surface area (Å²) in [6, 6.07) is 6.64. The molecule has 0 bridgehead atoms. The first kappa shape index (κ1) is 16.6. The van der Waals surface area contributed by atoms with Crippen LogP contribution in [0.25, 0.3) is 0 Å². The second kappa shape index (κ2) is 7.48. The zero-order chi connectivity index (χ0) is 16.1. The van der Waals surface area contributed by atoms with Crippen LogP contribution in [0.3, 0.4) is 0 Å². The van der Waals surface area contributed by atoms with Gasteiger partial charge in [0.05, 0.1) is 16.1 Å². The van der Waals surface area contributed by atoms with Crippen molar-refractivity contribution in [1.29, 1.82) is 5.26 Å². The van der Waals surface area contributed by atoms with Gasteiger partial charge in [0.15, 0.2) is 0 Å². The van der Waals surface area contributed by atoms with Crippen molar-refractivity contribution < 1.29 is 9.59 Å². The summed E-state index contributed by atoms with van der Waals surface area (Å²) in [6.45, 7) is 2.00. The zero-order valence-corrected chi connectivity index (χ0v) is 13.4. The second-order valence-electron chi connectivity index (χ2n) is 4.99. The molecule has 0 saturated carbocycles. The van der Waals surface area contributed by atoms with Gasteiger partial charge in [0.1, 0.15) is 6.42 Å². The third-order valence-electron chi connectivity index (χ3n) is 3.53. The average Bonchev–Trinajstić information content (AvgIpc) is 2.75. The van der Waals surface area contributed by atoms with E-state index in [2.05, 4.69) is 0 Å². The molecule has 0 spiro atoms. The molecule has 0 unspecified atom stereocenters. The SMILES string of the molecule is N#CCC(=O)N1CCCN(C(=O)c2ccc(Cl)c(Cl)c2)CC1. The van der Waals surface area contributed by atoms with Crippen LogP contribution in [0, 0.1) is 11.3 Å². The summed E-state index contributed by atoms with van der Waals surface area (Å²) in [6.07, 6.45) is 0.560. The smallest absolute Gasteiger partial charge is 0.253 e. The van der Waals surface area contributed by atoms with Gasteiger partial charge in [-0.3, -0.25) is 9.59 Å². The lowest BCUT2D eigenvalue weighted by Gasteiger charge is -2.22. The Morgan fingerprint density at radius 1 is 1.09 bits per heavy atom. The first-order valence-corrected chi connectivity index (χ1v) is 7.67. The molecular formula is C15H15Cl2N3O2. The first-order chi connectivity index (χ1) is 10.5. The maximum absolute atomic E-state index is 12.5. The minimum absolute atomic E-state index is 0.124. The van der Waals surface area contributed by atoms with Gasteiger partial charge < -0.3 is 9.80 Å². The molecule has 7 heteroatoms. The van der Waals surface area contributed by atoms with Crippen LogP contribution < -0.4 is 0 Å². The maximum Gasteiger partial charge on any atom is 0.253 e. The van der Waals surface area contributed by atoms with Crippen molar-refractivity contribution in [3.63, 3.8) is 0 Å². The molecule has 1 fully saturated rings. The molecule has 1 saturated heterocycles. The van der Waals surface area contributed by atoms with Crippen LogP contribution in [-0.2, 0) is 4.79 Å². The molecule has 1 aliphatic rings. The summed E-state index contributed by atoms with van der Waals surface area (Å²) < 4.78 is 0. The van der Waals surface area contributed by atoms with E-state index in [0.717, 1.165) is 0 Å². The van der Waals surface area contributed by atoms with E-state index < -0.39 is 0 Å². The molecular weight excluding hydrogens is 325 g/mol. The van der Waals surface area contributed by atoms with E-state index in [1.165, 1.54) is 0 Å². The van der Waals surface area contributed by atoms with Crippen molar-refractivity contribution in [2.45, 2.75) is 12.8 Å². The van der Waals surface area contributed by atoms with Crippen LogP contribution in [0.4, 0.5) is 0 Å². The van der Waals surface area contributed by atoms with Crippen LogP contribution in [-0.4, -0.2) is 47.8 Å². The Labute approximate surface area is 139 Å². The standard InChI is InChI=1S/C15H15Cl2N3O2/c16-12-3-2-11(10-13(12)17)15(22)20-7-1-6-19(8-9-20)14(21)4-5-18/h2-3,10H,1,4,6-9H2. The van der Waals surface area contributed by atoms with Gasteiger partial charge in [-0.05, 0) is 24.6 Å². The van der Waals surface area contributed by atoms with Gasteiger partial charge in [0.2, 0.25) is 5.91 Å². The number of hydrogen-bond donors (Lipinski definition) is 0. The summed E-state index contributed by atoms with van der Waals surface area (Å²) in [7, 11) is 0. The maximum atomic E-state index is 12.5. The van der Waals surface area contributed by atoms with E-state index >= 15 is 0 Å². The highest BCUT2D eigenvalue weighted by atomic mass is 35.5. The second-order valence-corrected chi connectivity index (χ2v) is 5.80. The molecule has 22 heavy (non-hydrogen) atoms. The molecule has 0 radical (unpaired) electrons. The van der Waals surface area contributed by atoms with Crippen LogP contribution in [0.2, 0.25) is 10.0 Å². The van der Waals surface area contributed by atoms with Gasteiger partial charge in [-0.1, -0.05) is 23.2 Å². The van der Waals surface area contributed by atoms with E-state index in [4.69, 9.17) is 28.5 Å². The summed E-state index contributed by atoms with van der Waals surface area (Å²) >= 11 is 11.8. The van der Waals surface area contributed by atoms with E-state index in [0.29, 0.717) is 48.2 Å². The van der Waals surface area contributed by atoms with Crippen molar-refractivity contribution in [3.8, 4) is 6.07 Å². The van der Waals surface area contributed by atoms with Crippen molar-refractivity contribution in [1.82, 2.24) is 9.80 Å². The van der Waals surface area contributed by atoms with Crippen LogP contribution in [0.5, 0.6) is 0 Å². The Balaban J connectivity index is 2.04. The van der Waals surface area contributed by atoms with Crippen LogP contribution in [0.15, 0.2) is 18.2 Å². The fourth-order valence-corrected chi connectivity index (χ4v) is 2.66. The minimum atomic E-state index is -0.189. The molecule has 1 aliphatic heterocycles. The molecule has 0 aliphatic carbocycles. The number of amides is 2. The van der Waals surface area contributed by atoms with Crippen LogP contribution >= 0.6 is 23.2 Å². The molecule has 2 rings (SSSR count). The van der Waals surface area contributed by atoms with Gasteiger partial charge in [-0.25, -0.2) is 0 Å². The zero-order valence-electron chi connectivity index (χ0n) is 11.9. The third kappa shape index (κ3) is 3.90. The summed E-state index contributed by atoms with van der Waals surface area (Å²) in [5, 5.41) is 9.34. The Hall–Kier alpha value is -1.77. The fraction of sp³-hybridized carbons (Fsp3) is 0.400. The van der Waals surface area contributed by atoms with E-state index in [-0.39, 0.29) is 18.2 Å². The lowest BCUT2D eigenvalue weighted by Crippen LogP contribution is -2.37. The van der Waals surface area contributed by atoms with Gasteiger partial charge in [-0.2, -0.15) is 5.26 Å². The highest BCUT2D eigenvalue weighted by molar-refractivity contribution is 6.42. The van der Waals surface area contributed by atoms with E-state index in [9.17, 15) is 9.59 Å². The van der Waals surface area contributed by atoms with Gasteiger partial charge in [0, 0.05) is 31.7 Å². The molecule has 116 valence electrons. The third-order valence-corrected chi connectivity index (χ3v) is 4.27. The number of benzene rings is 1. The summed E-state index contributed by atoms with van der Waals surface area (Å²) in [5.41, 5.74) is 0.478. The largest absolute Gasteiger partial charge is 0.340 e. The fourth-order valence-electron chi connectivity index (χ4n) is 2.36. The Bertz CT molecular complexity index is 628. The topological polar surface area (TPSA) is 64.4 Å². The molecule has 0 aromatic heterocycles. The van der Waals surface area contributed by atoms with Crippen molar-refractivity contribution in [3.05, 3.63) is 33.8 Å². The number of hydrogen-bond acceptors (Lipinski definition) is 3. The average molecular weight is 340 g/mol. The normalized spacial score (nSPS) is 15.1. The van der Waals surface area contributed by atoms with Gasteiger partial charge in [-0.15, -0.1) is 0 Å². The highest BCUT2D eigenvalue weighted by Gasteiger charge is 2.22. The van der Waals surface area contributed by atoms with Crippen LogP contribution in [0.1, 0.15) is 23.2 Å². The molecule has 0 atom stereocenters. The molecule has 1 aromatic rings. The Kier molecular flexibility index (Phi) is 5.64. The molecule has 1 aromatic carbocycles. The molecule has 1 heterocycles. The number of carbonyl (C=O) groups is 2. The molecule has 2 amide bonds. The predicted molar refractivity (Wildman–Crippen MR) is 83.8 cm³/mol. The lowest BCUT2D eigenvalue weighted by molar-refractivity contribution is -0.129. The Morgan fingerprint density at radius 3 is 2.45 bits per heavy atom. The molecule has 5 nitrogen and oxygen atoms in total. The number of nitrogens with zero attached hydrogens (tertiary/aromatic N) is 3. The number of carbonyl (C=O) groups excluding carboxylic acids is 2. The monoisotopic (exact) mass is 339 g/mol. The summed E-state index contributed by atoms with van der Waals surface area (Å²) in [5.74, 6) is -0.320. The van der Waals surface area contributed by atoms with Gasteiger partial charge in [0.25, 0.3) is 5.91 Å². The van der Waals surface area contributed by atoms with E-state index in [1.807, 2.05) is 6.07 Å². The molecule has 0 N–H and O–H groups in total. The lowest BCUT2D eigenvalue weighted by atomic mass is 10.2. The highest BCUT2D eigenvalue weighted by Crippen LogP contribution is 2.23. The van der Waals surface area contributed by atoms with Crippen molar-refractivity contribution in [2.24, 2.45) is 0 Å². The number of halogens is 2. The van der Waals surface area contributed by atoms with Gasteiger partial charge >= 0.3 is 0 Å². The summed E-state index contributed by atoms with van der Waals surface area (Å²) in [4.78, 5) is 27.6. The van der Waals surface area contributed by atoms with Crippen molar-refractivity contribution in [2.75, 3.05) is 26.2 Å². The first-order valence-electron chi connectivity index (χ1n) is 6.92. The number of nitriles is 1.